The average Bonchev–Trinajstić information content (AvgIpc) is 3.14. The molecule has 1 amide bonds. The molecule has 138 valence electrons. The van der Waals surface area contributed by atoms with E-state index in [4.69, 9.17) is 4.74 Å². The predicted molar refractivity (Wildman–Crippen MR) is 101 cm³/mol. The number of carbonyl (C=O) groups is 2. The van der Waals surface area contributed by atoms with Gasteiger partial charge in [-0.15, -0.1) is 23.1 Å². The van der Waals surface area contributed by atoms with Crippen molar-refractivity contribution in [2.24, 2.45) is 0 Å². The second-order valence-electron chi connectivity index (χ2n) is 5.31. The minimum Gasteiger partial charge on any atom is -0.449 e. The number of carbonyl (C=O) groups excluding carboxylic acids is 2. The number of thiophene rings is 1. The Hall–Kier alpha value is -2.39. The summed E-state index contributed by atoms with van der Waals surface area (Å²) in [6, 6.07) is 8.02. The lowest BCUT2D eigenvalue weighted by atomic mass is 10.2. The molecule has 0 aliphatic carbocycles. The first kappa shape index (κ1) is 19.9. The molecule has 1 aromatic heterocycles. The summed E-state index contributed by atoms with van der Waals surface area (Å²) in [4.78, 5) is 36.3. The van der Waals surface area contributed by atoms with Crippen LogP contribution in [0, 0.1) is 10.1 Å². The van der Waals surface area contributed by atoms with E-state index in [-0.39, 0.29) is 11.3 Å². The Balaban J connectivity index is 1.92. The molecule has 2 rings (SSSR count). The monoisotopic (exact) mass is 394 g/mol. The van der Waals surface area contributed by atoms with Gasteiger partial charge in [0, 0.05) is 17.5 Å². The van der Waals surface area contributed by atoms with Crippen LogP contribution in [0.25, 0.3) is 0 Å². The number of nitro groups is 1. The Kier molecular flexibility index (Phi) is 7.16. The second-order valence-corrected chi connectivity index (χ2v) is 7.19. The highest BCUT2D eigenvalue weighted by Crippen LogP contribution is 2.28. The molecule has 26 heavy (non-hydrogen) atoms. The number of rotatable bonds is 8. The van der Waals surface area contributed by atoms with E-state index in [1.807, 2.05) is 17.5 Å². The fourth-order valence-electron chi connectivity index (χ4n) is 2.15. The molecule has 0 bridgehead atoms. The van der Waals surface area contributed by atoms with Gasteiger partial charge in [0.15, 0.2) is 6.10 Å². The Morgan fingerprint density at radius 3 is 2.77 bits per heavy atom. The van der Waals surface area contributed by atoms with Gasteiger partial charge in [-0.25, -0.2) is 4.79 Å². The summed E-state index contributed by atoms with van der Waals surface area (Å²) in [6.45, 7) is 1.90. The summed E-state index contributed by atoms with van der Waals surface area (Å²) in [7, 11) is 0. The van der Waals surface area contributed by atoms with Crippen LogP contribution < -0.4 is 5.32 Å². The molecule has 1 N–H and O–H groups in total. The zero-order chi connectivity index (χ0) is 19.1. The maximum Gasteiger partial charge on any atom is 0.339 e. The SMILES string of the molecule is CSc1ccc(C(=O)O[C@@H](C)C(=O)NCCc2cccs2)cc1[N+](=O)[O-]. The van der Waals surface area contributed by atoms with E-state index in [0.717, 1.165) is 10.9 Å². The van der Waals surface area contributed by atoms with Gasteiger partial charge in [-0.3, -0.25) is 14.9 Å². The first-order valence-electron chi connectivity index (χ1n) is 7.76. The number of benzene rings is 1. The number of amides is 1. The van der Waals surface area contributed by atoms with E-state index in [0.29, 0.717) is 17.9 Å². The molecule has 2 aromatic rings. The number of hydrogen-bond acceptors (Lipinski definition) is 7. The van der Waals surface area contributed by atoms with Crippen LogP contribution in [0.3, 0.4) is 0 Å². The Morgan fingerprint density at radius 2 is 2.15 bits per heavy atom. The summed E-state index contributed by atoms with van der Waals surface area (Å²) in [5.41, 5.74) is -0.132. The summed E-state index contributed by atoms with van der Waals surface area (Å²) >= 11 is 2.82. The number of nitrogens with one attached hydrogen (secondary N) is 1. The van der Waals surface area contributed by atoms with Gasteiger partial charge in [-0.05, 0) is 43.2 Å². The minimum absolute atomic E-state index is 0.0349. The third kappa shape index (κ3) is 5.30. The molecular weight excluding hydrogens is 376 g/mol. The highest BCUT2D eigenvalue weighted by molar-refractivity contribution is 7.98. The molecule has 0 saturated heterocycles. The molecule has 1 atom stereocenters. The van der Waals surface area contributed by atoms with Crippen LogP contribution in [0.2, 0.25) is 0 Å². The Bertz CT molecular complexity index is 792. The summed E-state index contributed by atoms with van der Waals surface area (Å²) in [5, 5.41) is 15.7. The van der Waals surface area contributed by atoms with Crippen LogP contribution in [-0.4, -0.2) is 35.7 Å². The number of nitrogens with zero attached hydrogens (tertiary/aromatic N) is 1. The predicted octanol–water partition coefficient (Wildman–Crippen LogP) is 3.28. The Labute approximate surface area is 158 Å². The van der Waals surface area contributed by atoms with Crippen molar-refractivity contribution in [2.45, 2.75) is 24.3 Å². The molecule has 0 radical (unpaired) electrons. The van der Waals surface area contributed by atoms with Gasteiger partial charge in [0.1, 0.15) is 0 Å². The zero-order valence-corrected chi connectivity index (χ0v) is 15.9. The van der Waals surface area contributed by atoms with Crippen LogP contribution in [0.4, 0.5) is 5.69 Å². The van der Waals surface area contributed by atoms with Gasteiger partial charge in [0.2, 0.25) is 0 Å². The lowest BCUT2D eigenvalue weighted by Gasteiger charge is -2.13. The number of thioether (sulfide) groups is 1. The van der Waals surface area contributed by atoms with Crippen molar-refractivity contribution in [2.75, 3.05) is 12.8 Å². The highest BCUT2D eigenvalue weighted by Gasteiger charge is 2.22. The third-order valence-corrected chi connectivity index (χ3v) is 5.24. The standard InChI is InChI=1S/C17H18N2O5S2/c1-11(16(20)18-8-7-13-4-3-9-26-13)24-17(21)12-5-6-15(25-2)14(10-12)19(22)23/h3-6,9-11H,7-8H2,1-2H3,(H,18,20)/t11-/m0/s1. The van der Waals surface area contributed by atoms with Crippen LogP contribution in [0.15, 0.2) is 40.6 Å². The molecule has 9 heteroatoms. The number of ether oxygens (including phenoxy) is 1. The molecule has 0 aliphatic rings. The van der Waals surface area contributed by atoms with Crippen molar-refractivity contribution in [1.29, 1.82) is 0 Å². The van der Waals surface area contributed by atoms with Crippen LogP contribution >= 0.6 is 23.1 Å². The molecule has 0 unspecified atom stereocenters. The van der Waals surface area contributed by atoms with E-state index in [9.17, 15) is 19.7 Å². The molecule has 7 nitrogen and oxygen atoms in total. The van der Waals surface area contributed by atoms with Crippen molar-refractivity contribution in [3.8, 4) is 0 Å². The third-order valence-electron chi connectivity index (χ3n) is 3.52. The van der Waals surface area contributed by atoms with Crippen molar-refractivity contribution in [1.82, 2.24) is 5.32 Å². The molecule has 0 saturated carbocycles. The van der Waals surface area contributed by atoms with Crippen molar-refractivity contribution in [3.63, 3.8) is 0 Å². The zero-order valence-electron chi connectivity index (χ0n) is 14.3. The maximum atomic E-state index is 12.2. The fourth-order valence-corrected chi connectivity index (χ4v) is 3.40. The van der Waals surface area contributed by atoms with Gasteiger partial charge in [0.05, 0.1) is 15.4 Å². The van der Waals surface area contributed by atoms with E-state index in [2.05, 4.69) is 5.32 Å². The molecule has 0 spiro atoms. The Morgan fingerprint density at radius 1 is 1.38 bits per heavy atom. The largest absolute Gasteiger partial charge is 0.449 e. The average molecular weight is 394 g/mol. The molecule has 0 aliphatic heterocycles. The lowest BCUT2D eigenvalue weighted by Crippen LogP contribution is -2.36. The van der Waals surface area contributed by atoms with Gasteiger partial charge < -0.3 is 10.1 Å². The second kappa shape index (κ2) is 9.35. The summed E-state index contributed by atoms with van der Waals surface area (Å²) in [6.07, 6.45) is 1.42. The minimum atomic E-state index is -0.995. The molecular formula is C17H18N2O5S2. The van der Waals surface area contributed by atoms with Gasteiger partial charge >= 0.3 is 5.97 Å². The van der Waals surface area contributed by atoms with Gasteiger partial charge in [-0.2, -0.15) is 0 Å². The molecule has 1 heterocycles. The number of esters is 1. The van der Waals surface area contributed by atoms with E-state index in [1.54, 1.807) is 17.6 Å². The van der Waals surface area contributed by atoms with E-state index in [1.165, 1.54) is 30.8 Å². The lowest BCUT2D eigenvalue weighted by molar-refractivity contribution is -0.387. The highest BCUT2D eigenvalue weighted by atomic mass is 32.2. The summed E-state index contributed by atoms with van der Waals surface area (Å²) < 4.78 is 5.12. The quantitative estimate of drug-likeness (QED) is 0.319. The first-order valence-corrected chi connectivity index (χ1v) is 9.86. The van der Waals surface area contributed by atoms with Crippen molar-refractivity contribution in [3.05, 3.63) is 56.3 Å². The van der Waals surface area contributed by atoms with Gasteiger partial charge in [0.25, 0.3) is 11.6 Å². The molecule has 1 aromatic carbocycles. The van der Waals surface area contributed by atoms with Crippen LogP contribution in [0.5, 0.6) is 0 Å². The number of hydrogen-bond donors (Lipinski definition) is 1. The van der Waals surface area contributed by atoms with Crippen molar-refractivity contribution >= 4 is 40.7 Å². The van der Waals surface area contributed by atoms with Gasteiger partial charge in [-0.1, -0.05) is 6.07 Å². The van der Waals surface area contributed by atoms with E-state index >= 15 is 0 Å². The topological polar surface area (TPSA) is 98.5 Å². The normalized spacial score (nSPS) is 11.6. The van der Waals surface area contributed by atoms with Crippen LogP contribution in [0.1, 0.15) is 22.2 Å². The summed E-state index contributed by atoms with van der Waals surface area (Å²) in [5.74, 6) is -1.19. The maximum absolute atomic E-state index is 12.2. The number of nitro benzene ring substituents is 1. The molecule has 0 fully saturated rings. The van der Waals surface area contributed by atoms with E-state index < -0.39 is 22.9 Å². The smallest absolute Gasteiger partial charge is 0.339 e. The fraction of sp³-hybridized carbons (Fsp3) is 0.294. The van der Waals surface area contributed by atoms with Crippen LogP contribution in [-0.2, 0) is 16.0 Å². The first-order chi connectivity index (χ1) is 12.4. The van der Waals surface area contributed by atoms with Crippen molar-refractivity contribution < 1.29 is 19.2 Å².